The van der Waals surface area contributed by atoms with E-state index in [-0.39, 0.29) is 5.84 Å². The standard InChI is InChI=1S/C14H23N3O/c1-4-11(3)17(5-2)10-12-6-8-13(9-7-12)14(15)16-18/h6-9,11,18H,4-5,10H2,1-3H3,(H2,15,16). The molecule has 0 radical (unpaired) electrons. The zero-order chi connectivity index (χ0) is 13.5. The maximum Gasteiger partial charge on any atom is 0.170 e. The third kappa shape index (κ3) is 3.74. The van der Waals surface area contributed by atoms with Gasteiger partial charge in [0.1, 0.15) is 0 Å². The molecule has 3 N–H and O–H groups in total. The van der Waals surface area contributed by atoms with Gasteiger partial charge in [-0.1, -0.05) is 43.3 Å². The summed E-state index contributed by atoms with van der Waals surface area (Å²) in [5.41, 5.74) is 7.52. The van der Waals surface area contributed by atoms with Gasteiger partial charge in [0, 0.05) is 18.2 Å². The molecule has 0 saturated carbocycles. The summed E-state index contributed by atoms with van der Waals surface area (Å²) in [6.07, 6.45) is 1.15. The van der Waals surface area contributed by atoms with E-state index in [9.17, 15) is 0 Å². The predicted octanol–water partition coefficient (Wildman–Crippen LogP) is 2.40. The van der Waals surface area contributed by atoms with Crippen LogP contribution in [0.5, 0.6) is 0 Å². The van der Waals surface area contributed by atoms with E-state index in [4.69, 9.17) is 10.9 Å². The van der Waals surface area contributed by atoms with Crippen LogP contribution in [0.4, 0.5) is 0 Å². The molecule has 18 heavy (non-hydrogen) atoms. The fourth-order valence-electron chi connectivity index (χ4n) is 1.91. The van der Waals surface area contributed by atoms with Crippen LogP contribution in [0.25, 0.3) is 0 Å². The van der Waals surface area contributed by atoms with E-state index in [1.165, 1.54) is 5.56 Å². The lowest BCUT2D eigenvalue weighted by Gasteiger charge is -2.27. The van der Waals surface area contributed by atoms with Crippen LogP contribution in [0.15, 0.2) is 29.4 Å². The molecule has 0 heterocycles. The van der Waals surface area contributed by atoms with Crippen molar-refractivity contribution in [1.29, 1.82) is 0 Å². The largest absolute Gasteiger partial charge is 0.409 e. The van der Waals surface area contributed by atoms with Crippen LogP contribution in [0.1, 0.15) is 38.3 Å². The lowest BCUT2D eigenvalue weighted by atomic mass is 10.1. The molecule has 0 saturated heterocycles. The number of oxime groups is 1. The zero-order valence-corrected chi connectivity index (χ0v) is 11.4. The third-order valence-electron chi connectivity index (χ3n) is 3.36. The molecule has 0 spiro atoms. The number of nitrogens with zero attached hydrogens (tertiary/aromatic N) is 2. The molecule has 0 amide bonds. The number of amidine groups is 1. The van der Waals surface area contributed by atoms with Gasteiger partial charge in [-0.3, -0.25) is 4.90 Å². The molecule has 1 atom stereocenters. The minimum Gasteiger partial charge on any atom is -0.409 e. The average Bonchev–Trinajstić information content (AvgIpc) is 2.43. The Morgan fingerprint density at radius 3 is 2.39 bits per heavy atom. The quantitative estimate of drug-likeness (QED) is 0.352. The van der Waals surface area contributed by atoms with Crippen molar-refractivity contribution in [3.8, 4) is 0 Å². The van der Waals surface area contributed by atoms with E-state index in [0.717, 1.165) is 25.1 Å². The first kappa shape index (κ1) is 14.5. The van der Waals surface area contributed by atoms with E-state index < -0.39 is 0 Å². The molecule has 1 rings (SSSR count). The first-order valence-corrected chi connectivity index (χ1v) is 6.43. The molecule has 0 aromatic heterocycles. The Morgan fingerprint density at radius 2 is 1.94 bits per heavy atom. The molecule has 4 heteroatoms. The van der Waals surface area contributed by atoms with Gasteiger partial charge in [0.05, 0.1) is 0 Å². The summed E-state index contributed by atoms with van der Waals surface area (Å²) in [5, 5.41) is 11.6. The zero-order valence-electron chi connectivity index (χ0n) is 11.4. The summed E-state index contributed by atoms with van der Waals surface area (Å²) >= 11 is 0. The number of hydrogen-bond donors (Lipinski definition) is 2. The van der Waals surface area contributed by atoms with Crippen LogP contribution in [0, 0.1) is 0 Å². The van der Waals surface area contributed by atoms with Gasteiger partial charge in [-0.05, 0) is 25.5 Å². The summed E-state index contributed by atoms with van der Waals surface area (Å²) in [5.74, 6) is 0.149. The Bertz CT molecular complexity index is 387. The van der Waals surface area contributed by atoms with Crippen molar-refractivity contribution >= 4 is 5.84 Å². The summed E-state index contributed by atoms with van der Waals surface area (Å²) in [7, 11) is 0. The molecule has 1 aromatic carbocycles. The summed E-state index contributed by atoms with van der Waals surface area (Å²) < 4.78 is 0. The van der Waals surface area contributed by atoms with Crippen LogP contribution < -0.4 is 5.73 Å². The van der Waals surface area contributed by atoms with Gasteiger partial charge in [0.15, 0.2) is 5.84 Å². The molecule has 0 aliphatic rings. The van der Waals surface area contributed by atoms with Gasteiger partial charge < -0.3 is 10.9 Å². The van der Waals surface area contributed by atoms with Crippen LogP contribution in [0.3, 0.4) is 0 Å². The molecule has 0 bridgehead atoms. The highest BCUT2D eigenvalue weighted by atomic mass is 16.4. The molecular weight excluding hydrogens is 226 g/mol. The van der Waals surface area contributed by atoms with Gasteiger partial charge in [0.2, 0.25) is 0 Å². The van der Waals surface area contributed by atoms with Crippen LogP contribution in [0.2, 0.25) is 0 Å². The van der Waals surface area contributed by atoms with Crippen molar-refractivity contribution in [1.82, 2.24) is 4.90 Å². The predicted molar refractivity (Wildman–Crippen MR) is 74.8 cm³/mol. The van der Waals surface area contributed by atoms with Crippen molar-refractivity contribution < 1.29 is 5.21 Å². The highest BCUT2D eigenvalue weighted by Gasteiger charge is 2.10. The molecule has 1 unspecified atom stereocenters. The normalized spacial score (nSPS) is 13.9. The van der Waals surface area contributed by atoms with Gasteiger partial charge in [-0.25, -0.2) is 0 Å². The number of nitrogens with two attached hydrogens (primary N) is 1. The molecule has 100 valence electrons. The van der Waals surface area contributed by atoms with Gasteiger partial charge in [0.25, 0.3) is 0 Å². The van der Waals surface area contributed by atoms with E-state index in [2.05, 4.69) is 30.8 Å². The molecule has 0 fully saturated rings. The highest BCUT2D eigenvalue weighted by Crippen LogP contribution is 2.11. The minimum atomic E-state index is 0.149. The topological polar surface area (TPSA) is 61.8 Å². The fourth-order valence-corrected chi connectivity index (χ4v) is 1.91. The minimum absolute atomic E-state index is 0.149. The summed E-state index contributed by atoms with van der Waals surface area (Å²) in [6.45, 7) is 8.60. The smallest absolute Gasteiger partial charge is 0.170 e. The second-order valence-electron chi connectivity index (χ2n) is 4.50. The van der Waals surface area contributed by atoms with Crippen molar-refractivity contribution in [3.05, 3.63) is 35.4 Å². The second kappa shape index (κ2) is 7.01. The summed E-state index contributed by atoms with van der Waals surface area (Å²) in [4.78, 5) is 2.43. The number of hydrogen-bond acceptors (Lipinski definition) is 3. The Balaban J connectivity index is 2.74. The maximum atomic E-state index is 8.60. The molecule has 1 aromatic rings. The van der Waals surface area contributed by atoms with Crippen LogP contribution in [-0.4, -0.2) is 28.5 Å². The average molecular weight is 249 g/mol. The Labute approximate surface area is 109 Å². The first-order valence-electron chi connectivity index (χ1n) is 6.43. The fraction of sp³-hybridized carbons (Fsp3) is 0.500. The second-order valence-corrected chi connectivity index (χ2v) is 4.50. The highest BCUT2D eigenvalue weighted by molar-refractivity contribution is 5.96. The Morgan fingerprint density at radius 1 is 1.33 bits per heavy atom. The van der Waals surface area contributed by atoms with E-state index >= 15 is 0 Å². The molecular formula is C14H23N3O. The monoisotopic (exact) mass is 249 g/mol. The molecule has 0 aliphatic heterocycles. The maximum absolute atomic E-state index is 8.60. The van der Waals surface area contributed by atoms with Crippen molar-refractivity contribution in [2.45, 2.75) is 39.8 Å². The van der Waals surface area contributed by atoms with E-state index in [1.54, 1.807) is 0 Å². The number of rotatable bonds is 6. The Kier molecular flexibility index (Phi) is 5.65. The SMILES string of the molecule is CCC(C)N(CC)Cc1ccc(/C(N)=N/O)cc1. The first-order chi connectivity index (χ1) is 8.62. The van der Waals surface area contributed by atoms with Crippen molar-refractivity contribution in [2.24, 2.45) is 10.9 Å². The van der Waals surface area contributed by atoms with E-state index in [1.807, 2.05) is 24.3 Å². The van der Waals surface area contributed by atoms with Gasteiger partial charge >= 0.3 is 0 Å². The molecule has 0 aliphatic carbocycles. The third-order valence-corrected chi connectivity index (χ3v) is 3.36. The van der Waals surface area contributed by atoms with Crippen molar-refractivity contribution in [3.63, 3.8) is 0 Å². The van der Waals surface area contributed by atoms with Crippen LogP contribution in [-0.2, 0) is 6.54 Å². The molecule has 4 nitrogen and oxygen atoms in total. The lowest BCUT2D eigenvalue weighted by molar-refractivity contribution is 0.206. The van der Waals surface area contributed by atoms with Gasteiger partial charge in [-0.15, -0.1) is 0 Å². The lowest BCUT2D eigenvalue weighted by Crippen LogP contribution is -2.31. The van der Waals surface area contributed by atoms with E-state index in [0.29, 0.717) is 6.04 Å². The Hall–Kier alpha value is -1.55. The summed E-state index contributed by atoms with van der Waals surface area (Å²) in [6, 6.07) is 8.40. The van der Waals surface area contributed by atoms with Crippen LogP contribution >= 0.6 is 0 Å². The van der Waals surface area contributed by atoms with Gasteiger partial charge in [-0.2, -0.15) is 0 Å². The van der Waals surface area contributed by atoms with Crippen molar-refractivity contribution in [2.75, 3.05) is 6.54 Å². The number of benzene rings is 1.